The highest BCUT2D eigenvalue weighted by atomic mass is 32.2. The van der Waals surface area contributed by atoms with Crippen molar-refractivity contribution in [1.29, 1.82) is 0 Å². The molecule has 136 valence electrons. The monoisotopic (exact) mass is 381 g/mol. The number of thioether (sulfide) groups is 1. The van der Waals surface area contributed by atoms with Crippen molar-refractivity contribution < 1.29 is 18.3 Å². The number of nitrogens with one attached hydrogen (secondary N) is 1. The predicted octanol–water partition coefficient (Wildman–Crippen LogP) is 2.99. The van der Waals surface area contributed by atoms with E-state index >= 15 is 0 Å². The molecule has 0 aliphatic rings. The van der Waals surface area contributed by atoms with Crippen LogP contribution in [0.2, 0.25) is 0 Å². The van der Waals surface area contributed by atoms with E-state index in [0.717, 1.165) is 16.9 Å². The molecule has 2 N–H and O–H groups in total. The number of aliphatic hydroxyl groups is 1. The van der Waals surface area contributed by atoms with E-state index < -0.39 is 16.1 Å². The smallest absolute Gasteiger partial charge is 0.244 e. The van der Waals surface area contributed by atoms with E-state index in [0.29, 0.717) is 5.56 Å². The van der Waals surface area contributed by atoms with Gasteiger partial charge in [0.25, 0.3) is 0 Å². The zero-order valence-corrected chi connectivity index (χ0v) is 16.2. The number of hydrogen-bond donors (Lipinski definition) is 2. The van der Waals surface area contributed by atoms with E-state index in [9.17, 15) is 13.5 Å². The van der Waals surface area contributed by atoms with Gasteiger partial charge in [-0.2, -0.15) is 0 Å². The molecular weight excluding hydrogens is 358 g/mol. The number of rotatable bonds is 8. The highest BCUT2D eigenvalue weighted by molar-refractivity contribution is 7.98. The number of aryl methyl sites for hydroxylation is 1. The lowest BCUT2D eigenvalue weighted by atomic mass is 10.1. The first kappa shape index (κ1) is 19.8. The molecule has 0 heterocycles. The van der Waals surface area contributed by atoms with Crippen LogP contribution in [0.15, 0.2) is 52.3 Å². The van der Waals surface area contributed by atoms with Crippen molar-refractivity contribution in [3.05, 3.63) is 53.6 Å². The van der Waals surface area contributed by atoms with Crippen LogP contribution in [0.3, 0.4) is 0 Å². The number of hydrogen-bond acceptors (Lipinski definition) is 5. The van der Waals surface area contributed by atoms with Gasteiger partial charge in [-0.05, 0) is 48.1 Å². The predicted molar refractivity (Wildman–Crippen MR) is 101 cm³/mol. The van der Waals surface area contributed by atoms with Gasteiger partial charge in [-0.15, -0.1) is 11.8 Å². The molecule has 0 saturated heterocycles. The van der Waals surface area contributed by atoms with Crippen molar-refractivity contribution in [2.45, 2.75) is 29.2 Å². The second-order valence-electron chi connectivity index (χ2n) is 5.48. The summed E-state index contributed by atoms with van der Waals surface area (Å²) in [6, 6.07) is 12.5. The Labute approximate surface area is 153 Å². The molecule has 0 saturated carbocycles. The van der Waals surface area contributed by atoms with E-state index in [1.807, 2.05) is 31.4 Å². The quantitative estimate of drug-likeness (QED) is 0.688. The van der Waals surface area contributed by atoms with E-state index in [4.69, 9.17) is 4.74 Å². The van der Waals surface area contributed by atoms with Crippen molar-refractivity contribution in [1.82, 2.24) is 4.72 Å². The largest absolute Gasteiger partial charge is 0.495 e. The number of ether oxygens (including phenoxy) is 1. The molecule has 1 unspecified atom stereocenters. The second kappa shape index (κ2) is 8.71. The SMILES string of the molecule is CCc1ccc(OC)c(S(=O)(=O)NCC(O)c2ccc(SC)cc2)c1. The molecule has 2 aromatic rings. The van der Waals surface area contributed by atoms with Crippen molar-refractivity contribution in [2.75, 3.05) is 19.9 Å². The van der Waals surface area contributed by atoms with Crippen LogP contribution in [0.4, 0.5) is 0 Å². The maximum absolute atomic E-state index is 12.6. The molecule has 0 aliphatic carbocycles. The van der Waals surface area contributed by atoms with Crippen molar-refractivity contribution in [2.24, 2.45) is 0 Å². The first-order valence-corrected chi connectivity index (χ1v) is 10.6. The fourth-order valence-corrected chi connectivity index (χ4v) is 4.03. The van der Waals surface area contributed by atoms with Gasteiger partial charge in [0.1, 0.15) is 10.6 Å². The lowest BCUT2D eigenvalue weighted by molar-refractivity contribution is 0.182. The number of aliphatic hydroxyl groups excluding tert-OH is 1. The minimum absolute atomic E-state index is 0.0827. The van der Waals surface area contributed by atoms with Gasteiger partial charge in [-0.1, -0.05) is 25.1 Å². The van der Waals surface area contributed by atoms with Gasteiger partial charge in [0.05, 0.1) is 13.2 Å². The van der Waals surface area contributed by atoms with E-state index in [-0.39, 0.29) is 17.2 Å². The highest BCUT2D eigenvalue weighted by Gasteiger charge is 2.21. The molecule has 0 radical (unpaired) electrons. The third-order valence-electron chi connectivity index (χ3n) is 3.89. The summed E-state index contributed by atoms with van der Waals surface area (Å²) in [5.41, 5.74) is 1.56. The fourth-order valence-electron chi connectivity index (χ4n) is 2.36. The molecule has 0 aromatic heterocycles. The molecule has 25 heavy (non-hydrogen) atoms. The van der Waals surface area contributed by atoms with Gasteiger partial charge in [0.15, 0.2) is 0 Å². The lowest BCUT2D eigenvalue weighted by Gasteiger charge is -2.15. The molecule has 7 heteroatoms. The van der Waals surface area contributed by atoms with Crippen LogP contribution >= 0.6 is 11.8 Å². The highest BCUT2D eigenvalue weighted by Crippen LogP contribution is 2.25. The zero-order valence-electron chi connectivity index (χ0n) is 14.5. The molecule has 2 aromatic carbocycles. The van der Waals surface area contributed by atoms with Crippen LogP contribution in [0, 0.1) is 0 Å². The summed E-state index contributed by atoms with van der Waals surface area (Å²) in [5.74, 6) is 0.281. The van der Waals surface area contributed by atoms with Crippen LogP contribution in [0.1, 0.15) is 24.2 Å². The van der Waals surface area contributed by atoms with Gasteiger partial charge in [-0.3, -0.25) is 0 Å². The lowest BCUT2D eigenvalue weighted by Crippen LogP contribution is -2.29. The summed E-state index contributed by atoms with van der Waals surface area (Å²) >= 11 is 1.60. The first-order valence-electron chi connectivity index (χ1n) is 7.90. The van der Waals surface area contributed by atoms with Gasteiger partial charge >= 0.3 is 0 Å². The Morgan fingerprint density at radius 2 is 1.88 bits per heavy atom. The summed E-state index contributed by atoms with van der Waals surface area (Å²) in [4.78, 5) is 1.16. The first-order chi connectivity index (χ1) is 11.9. The number of sulfonamides is 1. The maximum atomic E-state index is 12.6. The van der Waals surface area contributed by atoms with Crippen molar-refractivity contribution >= 4 is 21.8 Å². The van der Waals surface area contributed by atoms with Crippen LogP contribution in [0.5, 0.6) is 5.75 Å². The molecule has 0 aliphatic heterocycles. The van der Waals surface area contributed by atoms with Crippen LogP contribution in [-0.2, 0) is 16.4 Å². The molecule has 5 nitrogen and oxygen atoms in total. The normalized spacial score (nSPS) is 12.8. The van der Waals surface area contributed by atoms with E-state index in [1.165, 1.54) is 7.11 Å². The third kappa shape index (κ3) is 4.98. The topological polar surface area (TPSA) is 75.6 Å². The minimum atomic E-state index is -3.79. The Morgan fingerprint density at radius 1 is 1.20 bits per heavy atom. The molecule has 0 fully saturated rings. The minimum Gasteiger partial charge on any atom is -0.495 e. The number of benzene rings is 2. The standard InChI is InChI=1S/C18H23NO4S2/c1-4-13-5-10-17(23-2)18(11-13)25(21,22)19-12-16(20)14-6-8-15(24-3)9-7-14/h5-11,16,19-20H,4,12H2,1-3H3. The van der Waals surface area contributed by atoms with Crippen LogP contribution in [-0.4, -0.2) is 33.4 Å². The number of methoxy groups -OCH3 is 1. The Balaban J connectivity index is 2.15. The fraction of sp³-hybridized carbons (Fsp3) is 0.333. The van der Waals surface area contributed by atoms with Gasteiger partial charge < -0.3 is 9.84 Å². The zero-order chi connectivity index (χ0) is 18.4. The van der Waals surface area contributed by atoms with Gasteiger partial charge in [-0.25, -0.2) is 13.1 Å². The van der Waals surface area contributed by atoms with Gasteiger partial charge in [0, 0.05) is 11.4 Å². The molecular formula is C18H23NO4S2. The van der Waals surface area contributed by atoms with Crippen molar-refractivity contribution in [3.8, 4) is 5.75 Å². The Hall–Kier alpha value is -1.54. The Kier molecular flexibility index (Phi) is 6.89. The summed E-state index contributed by atoms with van der Waals surface area (Å²) in [5, 5.41) is 10.3. The second-order valence-corrected chi connectivity index (χ2v) is 8.09. The summed E-state index contributed by atoms with van der Waals surface area (Å²) in [7, 11) is -2.36. The average Bonchev–Trinajstić information content (AvgIpc) is 2.65. The van der Waals surface area contributed by atoms with Crippen molar-refractivity contribution in [3.63, 3.8) is 0 Å². The summed E-state index contributed by atoms with van der Waals surface area (Å²) in [6.07, 6.45) is 1.76. The Bertz CT molecular complexity index is 804. The van der Waals surface area contributed by atoms with Gasteiger partial charge in [0.2, 0.25) is 10.0 Å². The molecule has 0 bridgehead atoms. The van der Waals surface area contributed by atoms with E-state index in [1.54, 1.807) is 36.0 Å². The maximum Gasteiger partial charge on any atom is 0.244 e. The molecule has 0 amide bonds. The van der Waals surface area contributed by atoms with Crippen LogP contribution < -0.4 is 9.46 Å². The molecule has 2 rings (SSSR count). The molecule has 1 atom stereocenters. The summed E-state index contributed by atoms with van der Waals surface area (Å²) in [6.45, 7) is 1.84. The average molecular weight is 382 g/mol. The molecule has 0 spiro atoms. The van der Waals surface area contributed by atoms with Crippen LogP contribution in [0.25, 0.3) is 0 Å². The van der Waals surface area contributed by atoms with E-state index in [2.05, 4.69) is 4.72 Å². The Morgan fingerprint density at radius 3 is 2.44 bits per heavy atom. The summed E-state index contributed by atoms with van der Waals surface area (Å²) < 4.78 is 32.9. The third-order valence-corrected chi connectivity index (χ3v) is 6.08.